The smallest absolute Gasteiger partial charge is 0.153 e. The zero-order valence-corrected chi connectivity index (χ0v) is 10.7. The number of hydrogen-bond acceptors (Lipinski definition) is 3. The van der Waals surface area contributed by atoms with E-state index in [9.17, 15) is 4.39 Å². The van der Waals surface area contributed by atoms with E-state index in [0.29, 0.717) is 5.69 Å². The van der Waals surface area contributed by atoms with Crippen LogP contribution in [0.5, 0.6) is 0 Å². The maximum Gasteiger partial charge on any atom is 0.153 e. The lowest BCUT2D eigenvalue weighted by molar-refractivity contribution is 0.628. The lowest BCUT2D eigenvalue weighted by atomic mass is 10.3. The van der Waals surface area contributed by atoms with E-state index in [1.165, 1.54) is 32.3 Å². The van der Waals surface area contributed by atoms with Gasteiger partial charge in [0, 0.05) is 14.1 Å². The van der Waals surface area contributed by atoms with Crippen LogP contribution in [0.3, 0.4) is 0 Å². The highest BCUT2D eigenvalue weighted by molar-refractivity contribution is 6.67. The van der Waals surface area contributed by atoms with Crippen molar-refractivity contribution in [1.29, 1.82) is 0 Å². The van der Waals surface area contributed by atoms with Crippen molar-refractivity contribution in [3.8, 4) is 0 Å². The van der Waals surface area contributed by atoms with Crippen molar-refractivity contribution in [1.82, 2.24) is 0 Å². The van der Waals surface area contributed by atoms with Gasteiger partial charge in [-0.05, 0) is 18.2 Å². The van der Waals surface area contributed by atoms with E-state index in [2.05, 4.69) is 15.0 Å². The number of amidine groups is 2. The molecule has 1 aromatic rings. The minimum atomic E-state index is -0.520. The molecule has 0 atom stereocenters. The van der Waals surface area contributed by atoms with Crippen LogP contribution in [0.25, 0.3) is 0 Å². The minimum absolute atomic E-state index is 0.0313. The number of aliphatic imine (C=N–C) groups is 3. The van der Waals surface area contributed by atoms with Gasteiger partial charge in [-0.25, -0.2) is 9.38 Å². The van der Waals surface area contributed by atoms with Crippen LogP contribution >= 0.6 is 11.6 Å². The molecule has 96 valence electrons. The van der Waals surface area contributed by atoms with E-state index in [1.54, 1.807) is 0 Å². The summed E-state index contributed by atoms with van der Waals surface area (Å²) in [6.07, 6.45) is 0. The number of nitrogens with two attached hydrogens (primary N) is 2. The molecule has 0 radical (unpaired) electrons. The van der Waals surface area contributed by atoms with Gasteiger partial charge in [-0.2, -0.15) is 0 Å². The molecule has 0 spiro atoms. The maximum atomic E-state index is 13.0. The molecule has 0 heterocycles. The van der Waals surface area contributed by atoms with Gasteiger partial charge in [0.25, 0.3) is 0 Å². The summed E-state index contributed by atoms with van der Waals surface area (Å²) in [4.78, 5) is 11.7. The Hall–Kier alpha value is -1.95. The second-order valence-corrected chi connectivity index (χ2v) is 3.68. The predicted octanol–water partition coefficient (Wildman–Crippen LogP) is 1.53. The van der Waals surface area contributed by atoms with Crippen LogP contribution in [0, 0.1) is 5.82 Å². The highest BCUT2D eigenvalue weighted by Crippen LogP contribution is 2.21. The normalized spacial score (nSPS) is 13.9. The minimum Gasteiger partial charge on any atom is -0.382 e. The molecule has 0 aliphatic carbocycles. The molecule has 0 fully saturated rings. The molecular weight excluding hydrogens is 257 g/mol. The van der Waals surface area contributed by atoms with Crippen molar-refractivity contribution in [3.63, 3.8) is 0 Å². The Labute approximate surface area is 109 Å². The van der Waals surface area contributed by atoms with Crippen molar-refractivity contribution in [3.05, 3.63) is 29.0 Å². The summed E-state index contributed by atoms with van der Waals surface area (Å²) in [6, 6.07) is 4.01. The van der Waals surface area contributed by atoms with Crippen LogP contribution in [0.15, 0.2) is 33.2 Å². The molecule has 0 aliphatic heterocycles. The summed E-state index contributed by atoms with van der Waals surface area (Å²) in [5, 5.41) is -0.0313. The Morgan fingerprint density at radius 1 is 1.17 bits per heavy atom. The largest absolute Gasteiger partial charge is 0.382 e. The Kier molecular flexibility index (Phi) is 4.79. The highest BCUT2D eigenvalue weighted by Gasteiger charge is 2.09. The second-order valence-electron chi connectivity index (χ2n) is 3.28. The monoisotopic (exact) mass is 269 g/mol. The van der Waals surface area contributed by atoms with E-state index in [0.717, 1.165) is 0 Å². The maximum absolute atomic E-state index is 13.0. The Morgan fingerprint density at radius 2 is 1.83 bits per heavy atom. The zero-order valence-electron chi connectivity index (χ0n) is 9.98. The van der Waals surface area contributed by atoms with Crippen LogP contribution in [-0.4, -0.2) is 31.5 Å². The predicted molar refractivity (Wildman–Crippen MR) is 73.6 cm³/mol. The topological polar surface area (TPSA) is 89.1 Å². The van der Waals surface area contributed by atoms with E-state index in [4.69, 9.17) is 23.1 Å². The lowest BCUT2D eigenvalue weighted by Crippen LogP contribution is -2.35. The standard InChI is InChI=1S/C11H13ClFN5/c1-16-9(10(14)17-2)11(15)18-6-3-4-8(13)7(12)5-6/h3-5H,1-2H3,(H2,14,17)(H2,15,18). The second kappa shape index (κ2) is 6.11. The Bertz CT molecular complexity index is 536. The number of nitrogens with zero attached hydrogens (tertiary/aromatic N) is 3. The van der Waals surface area contributed by atoms with E-state index in [1.807, 2.05) is 0 Å². The molecule has 0 bridgehead atoms. The van der Waals surface area contributed by atoms with Gasteiger partial charge in [-0.1, -0.05) is 11.6 Å². The summed E-state index contributed by atoms with van der Waals surface area (Å²) in [5.74, 6) is -0.261. The van der Waals surface area contributed by atoms with Gasteiger partial charge in [-0.3, -0.25) is 9.98 Å². The summed E-state index contributed by atoms with van der Waals surface area (Å²) in [5.41, 5.74) is 12.0. The number of rotatable bonds is 3. The number of hydrogen-bond donors (Lipinski definition) is 2. The van der Waals surface area contributed by atoms with Crippen molar-refractivity contribution in [2.24, 2.45) is 26.4 Å². The molecule has 0 amide bonds. The first kappa shape index (κ1) is 14.1. The molecule has 0 aromatic heterocycles. The molecule has 0 aliphatic rings. The number of benzene rings is 1. The van der Waals surface area contributed by atoms with E-state index in [-0.39, 0.29) is 22.4 Å². The van der Waals surface area contributed by atoms with Crippen LogP contribution in [0.2, 0.25) is 5.02 Å². The fraction of sp³-hybridized carbons (Fsp3) is 0.182. The van der Waals surface area contributed by atoms with Gasteiger partial charge >= 0.3 is 0 Å². The SMILES string of the molecule is CN=C(N)C(=NC)C(N)=Nc1ccc(F)c(Cl)c1. The molecule has 18 heavy (non-hydrogen) atoms. The molecule has 0 saturated carbocycles. The van der Waals surface area contributed by atoms with Gasteiger partial charge in [0.1, 0.15) is 17.4 Å². The van der Waals surface area contributed by atoms with Crippen molar-refractivity contribution >= 4 is 34.7 Å². The van der Waals surface area contributed by atoms with E-state index < -0.39 is 5.82 Å². The van der Waals surface area contributed by atoms with Gasteiger partial charge in [0.05, 0.1) is 10.7 Å². The van der Waals surface area contributed by atoms with Crippen LogP contribution in [0.4, 0.5) is 10.1 Å². The first-order valence-corrected chi connectivity index (χ1v) is 5.36. The van der Waals surface area contributed by atoms with Gasteiger partial charge < -0.3 is 11.5 Å². The van der Waals surface area contributed by atoms with Gasteiger partial charge in [0.2, 0.25) is 0 Å². The lowest BCUT2D eigenvalue weighted by Gasteiger charge is -2.04. The van der Waals surface area contributed by atoms with Gasteiger partial charge in [0.15, 0.2) is 5.84 Å². The molecule has 5 nitrogen and oxygen atoms in total. The molecule has 0 unspecified atom stereocenters. The molecule has 1 rings (SSSR count). The van der Waals surface area contributed by atoms with Crippen molar-refractivity contribution in [2.75, 3.05) is 14.1 Å². The molecular formula is C11H13ClFN5. The average molecular weight is 270 g/mol. The summed E-state index contributed by atoms with van der Waals surface area (Å²) in [6.45, 7) is 0. The zero-order chi connectivity index (χ0) is 13.7. The third-order valence-corrected chi connectivity index (χ3v) is 2.39. The quantitative estimate of drug-likeness (QED) is 0.644. The number of halogens is 2. The molecule has 7 heteroatoms. The molecule has 0 saturated heterocycles. The van der Waals surface area contributed by atoms with Crippen molar-refractivity contribution < 1.29 is 4.39 Å². The fourth-order valence-electron chi connectivity index (χ4n) is 1.21. The highest BCUT2D eigenvalue weighted by atomic mass is 35.5. The Balaban J connectivity index is 3.12. The Morgan fingerprint density at radius 3 is 2.33 bits per heavy atom. The van der Waals surface area contributed by atoms with Gasteiger partial charge in [-0.15, -0.1) is 0 Å². The third-order valence-electron chi connectivity index (χ3n) is 2.10. The average Bonchev–Trinajstić information content (AvgIpc) is 2.34. The fourth-order valence-corrected chi connectivity index (χ4v) is 1.39. The van der Waals surface area contributed by atoms with E-state index >= 15 is 0 Å². The summed E-state index contributed by atoms with van der Waals surface area (Å²) in [7, 11) is 3.04. The first-order chi connectivity index (χ1) is 8.49. The van der Waals surface area contributed by atoms with Crippen LogP contribution < -0.4 is 11.5 Å². The summed E-state index contributed by atoms with van der Waals surface area (Å²) >= 11 is 5.64. The third kappa shape index (κ3) is 3.27. The summed E-state index contributed by atoms with van der Waals surface area (Å²) < 4.78 is 13.0. The first-order valence-electron chi connectivity index (χ1n) is 4.98. The van der Waals surface area contributed by atoms with Crippen LogP contribution in [0.1, 0.15) is 0 Å². The van der Waals surface area contributed by atoms with Crippen molar-refractivity contribution in [2.45, 2.75) is 0 Å². The molecule has 1 aromatic carbocycles. The van der Waals surface area contributed by atoms with Crippen LogP contribution in [-0.2, 0) is 0 Å². The molecule has 4 N–H and O–H groups in total.